The van der Waals surface area contributed by atoms with Gasteiger partial charge in [-0.05, 0) is 12.1 Å². The number of benzene rings is 1. The summed E-state index contributed by atoms with van der Waals surface area (Å²) < 4.78 is 14.7. The Bertz CT molecular complexity index is 551. The Morgan fingerprint density at radius 1 is 1.32 bits per heavy atom. The van der Waals surface area contributed by atoms with Gasteiger partial charge in [-0.25, -0.2) is 4.39 Å². The average molecular weight is 304 g/mol. The third-order valence-electron chi connectivity index (χ3n) is 2.49. The van der Waals surface area contributed by atoms with Gasteiger partial charge in [0, 0.05) is 18.3 Å². The normalized spacial score (nSPS) is 10.7. The molecule has 0 fully saturated rings. The van der Waals surface area contributed by atoms with Gasteiger partial charge in [-0.2, -0.15) is 5.10 Å². The van der Waals surface area contributed by atoms with Gasteiger partial charge in [-0.1, -0.05) is 23.2 Å². The van der Waals surface area contributed by atoms with Crippen molar-refractivity contribution in [3.05, 3.63) is 46.0 Å². The Balaban J connectivity index is 2.05. The smallest absolute Gasteiger partial charge is 0.126 e. The quantitative estimate of drug-likeness (QED) is 0.893. The molecule has 0 saturated heterocycles. The van der Waals surface area contributed by atoms with E-state index in [9.17, 15) is 4.39 Å². The van der Waals surface area contributed by atoms with Crippen LogP contribution in [-0.4, -0.2) is 21.5 Å². The summed E-state index contributed by atoms with van der Waals surface area (Å²) in [4.78, 5) is 0. The molecule has 0 aliphatic rings. The Kier molecular flexibility index (Phi) is 4.63. The first-order valence-electron chi connectivity index (χ1n) is 5.60. The highest BCUT2D eigenvalue weighted by atomic mass is 35.5. The van der Waals surface area contributed by atoms with Crippen molar-refractivity contribution < 1.29 is 9.50 Å². The third-order valence-corrected chi connectivity index (χ3v) is 3.09. The second kappa shape index (κ2) is 6.23. The maximum Gasteiger partial charge on any atom is 0.126 e. The van der Waals surface area contributed by atoms with Crippen LogP contribution in [0.3, 0.4) is 0 Å². The minimum absolute atomic E-state index is 0.0319. The number of anilines is 1. The molecular weight excluding hydrogens is 292 g/mol. The second-order valence-electron chi connectivity index (χ2n) is 3.93. The van der Waals surface area contributed by atoms with Crippen molar-refractivity contribution in [3.63, 3.8) is 0 Å². The summed E-state index contributed by atoms with van der Waals surface area (Å²) >= 11 is 11.8. The molecule has 1 aromatic heterocycles. The summed E-state index contributed by atoms with van der Waals surface area (Å²) in [5.41, 5.74) is 1.39. The molecule has 7 heteroatoms. The van der Waals surface area contributed by atoms with Crippen LogP contribution in [0.5, 0.6) is 0 Å². The monoisotopic (exact) mass is 303 g/mol. The molecule has 2 aromatic rings. The number of nitrogens with one attached hydrogen (secondary N) is 1. The van der Waals surface area contributed by atoms with E-state index in [1.165, 1.54) is 12.1 Å². The zero-order valence-electron chi connectivity index (χ0n) is 9.91. The predicted octanol–water partition coefficient (Wildman–Crippen LogP) is 2.93. The fourth-order valence-electron chi connectivity index (χ4n) is 1.62. The topological polar surface area (TPSA) is 50.1 Å². The lowest BCUT2D eigenvalue weighted by Crippen LogP contribution is -2.02. The summed E-state index contributed by atoms with van der Waals surface area (Å²) in [5.74, 6) is -0.476. The van der Waals surface area contributed by atoms with Gasteiger partial charge >= 0.3 is 0 Å². The molecule has 19 heavy (non-hydrogen) atoms. The molecule has 1 aromatic carbocycles. The number of aliphatic hydroxyl groups excluding tert-OH is 1. The van der Waals surface area contributed by atoms with E-state index >= 15 is 0 Å². The van der Waals surface area contributed by atoms with Crippen molar-refractivity contribution in [2.24, 2.45) is 0 Å². The highest BCUT2D eigenvalue weighted by Crippen LogP contribution is 2.31. The van der Waals surface area contributed by atoms with E-state index in [-0.39, 0.29) is 16.7 Å². The highest BCUT2D eigenvalue weighted by molar-refractivity contribution is 6.39. The van der Waals surface area contributed by atoms with Crippen LogP contribution in [0.4, 0.5) is 10.1 Å². The van der Waals surface area contributed by atoms with Crippen molar-refractivity contribution in [2.45, 2.75) is 13.1 Å². The molecule has 102 valence electrons. The van der Waals surface area contributed by atoms with Crippen LogP contribution in [0, 0.1) is 5.82 Å². The fourth-order valence-corrected chi connectivity index (χ4v) is 2.22. The third kappa shape index (κ3) is 3.59. The van der Waals surface area contributed by atoms with E-state index in [2.05, 4.69) is 10.4 Å². The number of rotatable bonds is 5. The van der Waals surface area contributed by atoms with Crippen LogP contribution in [0.15, 0.2) is 24.5 Å². The lowest BCUT2D eigenvalue weighted by Gasteiger charge is -2.09. The maximum atomic E-state index is 13.0. The molecule has 0 amide bonds. The first kappa shape index (κ1) is 14.1. The summed E-state index contributed by atoms with van der Waals surface area (Å²) in [6.45, 7) is 0.929. The molecule has 0 bridgehead atoms. The maximum absolute atomic E-state index is 13.0. The van der Waals surface area contributed by atoms with E-state index in [1.807, 2.05) is 0 Å². The largest absolute Gasteiger partial charge is 0.394 e. The molecule has 2 N–H and O–H groups in total. The van der Waals surface area contributed by atoms with Gasteiger partial charge in [0.1, 0.15) is 5.82 Å². The molecule has 0 aliphatic heterocycles. The van der Waals surface area contributed by atoms with Crippen molar-refractivity contribution >= 4 is 28.9 Å². The number of hydrogen-bond acceptors (Lipinski definition) is 3. The Morgan fingerprint density at radius 2 is 2.00 bits per heavy atom. The molecule has 0 spiro atoms. The van der Waals surface area contributed by atoms with Gasteiger partial charge < -0.3 is 10.4 Å². The minimum Gasteiger partial charge on any atom is -0.394 e. The molecule has 1 heterocycles. The summed E-state index contributed by atoms with van der Waals surface area (Å²) in [7, 11) is 0. The molecule has 0 unspecified atom stereocenters. The summed E-state index contributed by atoms with van der Waals surface area (Å²) in [6.07, 6.45) is 3.47. The number of aromatic nitrogens is 2. The Labute approximate surface area is 119 Å². The van der Waals surface area contributed by atoms with Gasteiger partial charge in [-0.15, -0.1) is 0 Å². The van der Waals surface area contributed by atoms with Crippen LogP contribution >= 0.6 is 23.2 Å². The zero-order valence-corrected chi connectivity index (χ0v) is 11.4. The van der Waals surface area contributed by atoms with E-state index in [0.29, 0.717) is 18.8 Å². The SMILES string of the molecule is OCCn1cc(CNc2c(Cl)cc(F)cc2Cl)cn1. The number of aliphatic hydroxyl groups is 1. The lowest BCUT2D eigenvalue weighted by atomic mass is 10.3. The van der Waals surface area contributed by atoms with Gasteiger partial charge in [0.15, 0.2) is 0 Å². The molecule has 0 radical (unpaired) electrons. The van der Waals surface area contributed by atoms with E-state index in [1.54, 1.807) is 17.1 Å². The van der Waals surface area contributed by atoms with Crippen molar-refractivity contribution in [2.75, 3.05) is 11.9 Å². The number of nitrogens with zero attached hydrogens (tertiary/aromatic N) is 2. The fraction of sp³-hybridized carbons (Fsp3) is 0.250. The van der Waals surface area contributed by atoms with Crippen LogP contribution in [-0.2, 0) is 13.1 Å². The summed E-state index contributed by atoms with van der Waals surface area (Å²) in [6, 6.07) is 2.40. The summed E-state index contributed by atoms with van der Waals surface area (Å²) in [5, 5.41) is 16.3. The molecule has 0 aliphatic carbocycles. The van der Waals surface area contributed by atoms with E-state index in [0.717, 1.165) is 5.56 Å². The first-order valence-corrected chi connectivity index (χ1v) is 6.36. The minimum atomic E-state index is -0.476. The Hall–Kier alpha value is -1.30. The van der Waals surface area contributed by atoms with Gasteiger partial charge in [0.2, 0.25) is 0 Å². The van der Waals surface area contributed by atoms with Crippen molar-refractivity contribution in [3.8, 4) is 0 Å². The van der Waals surface area contributed by atoms with Crippen LogP contribution in [0.2, 0.25) is 10.0 Å². The van der Waals surface area contributed by atoms with Crippen molar-refractivity contribution in [1.82, 2.24) is 9.78 Å². The number of hydrogen-bond donors (Lipinski definition) is 2. The van der Waals surface area contributed by atoms with Gasteiger partial charge in [0.05, 0.1) is 35.1 Å². The first-order chi connectivity index (χ1) is 9.10. The van der Waals surface area contributed by atoms with Gasteiger partial charge in [-0.3, -0.25) is 4.68 Å². The predicted molar refractivity (Wildman–Crippen MR) is 73.1 cm³/mol. The van der Waals surface area contributed by atoms with Crippen LogP contribution < -0.4 is 5.32 Å². The van der Waals surface area contributed by atoms with Crippen molar-refractivity contribution in [1.29, 1.82) is 0 Å². The molecule has 4 nitrogen and oxygen atoms in total. The van der Waals surface area contributed by atoms with E-state index in [4.69, 9.17) is 28.3 Å². The van der Waals surface area contributed by atoms with Crippen LogP contribution in [0.1, 0.15) is 5.56 Å². The second-order valence-corrected chi connectivity index (χ2v) is 4.75. The average Bonchev–Trinajstić information content (AvgIpc) is 2.76. The lowest BCUT2D eigenvalue weighted by molar-refractivity contribution is 0.269. The van der Waals surface area contributed by atoms with Gasteiger partial charge in [0.25, 0.3) is 0 Å². The van der Waals surface area contributed by atoms with E-state index < -0.39 is 5.82 Å². The van der Waals surface area contributed by atoms with Crippen LogP contribution in [0.25, 0.3) is 0 Å². The molecule has 0 atom stereocenters. The molecular formula is C12H12Cl2FN3O. The zero-order chi connectivity index (χ0) is 13.8. The standard InChI is InChI=1S/C12H12Cl2FN3O/c13-10-3-9(15)4-11(14)12(10)16-5-8-6-17-18(7-8)1-2-19/h3-4,6-7,16,19H,1-2,5H2. The molecule has 2 rings (SSSR count). The molecule has 0 saturated carbocycles. The highest BCUT2D eigenvalue weighted by Gasteiger charge is 2.08. The Morgan fingerprint density at radius 3 is 2.63 bits per heavy atom. The number of halogens is 3.